The minimum Gasteiger partial charge on any atom is -0.491 e. The van der Waals surface area contributed by atoms with Gasteiger partial charge in [0.1, 0.15) is 5.76 Å². The SMILES string of the molecule is CCCCCCCCCCCCCCN(CCCCCCCCCCCCCC)c1ccc(C2=C(c3ccccc3)SCCO2)cc1. The fraction of sp³-hybridized carbons (Fsp3) is 0.682. The predicted molar refractivity (Wildman–Crippen MR) is 212 cm³/mol. The summed E-state index contributed by atoms with van der Waals surface area (Å²) in [6.45, 7) is 7.75. The van der Waals surface area contributed by atoms with Gasteiger partial charge >= 0.3 is 0 Å². The molecule has 3 heteroatoms. The molecule has 0 atom stereocenters. The van der Waals surface area contributed by atoms with Gasteiger partial charge < -0.3 is 9.64 Å². The Morgan fingerprint density at radius 1 is 0.489 bits per heavy atom. The van der Waals surface area contributed by atoms with Crippen molar-refractivity contribution in [1.29, 1.82) is 0 Å². The van der Waals surface area contributed by atoms with Gasteiger partial charge in [0.2, 0.25) is 0 Å². The van der Waals surface area contributed by atoms with Crippen molar-refractivity contribution in [2.24, 2.45) is 0 Å². The van der Waals surface area contributed by atoms with Gasteiger partial charge in [0.25, 0.3) is 0 Å². The van der Waals surface area contributed by atoms with Crippen LogP contribution in [0.2, 0.25) is 0 Å². The molecule has 0 N–H and O–H groups in total. The van der Waals surface area contributed by atoms with E-state index >= 15 is 0 Å². The maximum absolute atomic E-state index is 6.27. The number of thioether (sulfide) groups is 1. The van der Waals surface area contributed by atoms with Gasteiger partial charge in [-0.25, -0.2) is 0 Å². The van der Waals surface area contributed by atoms with Crippen LogP contribution in [0.15, 0.2) is 54.6 Å². The molecule has 0 spiro atoms. The third-order valence-electron chi connectivity index (χ3n) is 9.88. The second-order valence-electron chi connectivity index (χ2n) is 14.0. The molecule has 0 aliphatic carbocycles. The second-order valence-corrected chi connectivity index (χ2v) is 15.1. The van der Waals surface area contributed by atoms with E-state index in [2.05, 4.69) is 73.3 Å². The second kappa shape index (κ2) is 27.0. The minimum absolute atomic E-state index is 0.780. The van der Waals surface area contributed by atoms with Crippen molar-refractivity contribution in [3.63, 3.8) is 0 Å². The fourth-order valence-corrected chi connectivity index (χ4v) is 7.90. The van der Waals surface area contributed by atoms with E-state index in [4.69, 9.17) is 4.74 Å². The maximum atomic E-state index is 6.27. The first-order valence-electron chi connectivity index (χ1n) is 20.2. The number of nitrogens with zero attached hydrogens (tertiary/aromatic N) is 1. The molecule has 0 aromatic heterocycles. The molecule has 47 heavy (non-hydrogen) atoms. The van der Waals surface area contributed by atoms with Gasteiger partial charge in [0.15, 0.2) is 0 Å². The van der Waals surface area contributed by atoms with Gasteiger partial charge in [0, 0.05) is 30.1 Å². The molecule has 0 saturated carbocycles. The number of hydrogen-bond acceptors (Lipinski definition) is 3. The predicted octanol–water partition coefficient (Wildman–Crippen LogP) is 14.5. The highest BCUT2D eigenvalue weighted by atomic mass is 32.2. The van der Waals surface area contributed by atoms with E-state index in [-0.39, 0.29) is 0 Å². The summed E-state index contributed by atoms with van der Waals surface area (Å²) in [6, 6.07) is 20.1. The smallest absolute Gasteiger partial charge is 0.140 e. The van der Waals surface area contributed by atoms with Gasteiger partial charge in [-0.2, -0.15) is 0 Å². The van der Waals surface area contributed by atoms with Crippen molar-refractivity contribution in [2.75, 3.05) is 30.3 Å². The van der Waals surface area contributed by atoms with Crippen molar-refractivity contribution in [3.8, 4) is 0 Å². The first-order chi connectivity index (χ1) is 23.3. The standard InChI is InChI=1S/C44H71NOS/c1-3-5-7-9-11-13-15-17-19-21-23-28-36-45(37-29-24-22-20-18-16-14-12-10-8-6-4-2)42-34-32-40(33-35-42)43-44(47-39-38-46-43)41-30-26-25-27-31-41/h25-27,30-35H,3-24,28-29,36-39H2,1-2H3. The Balaban J connectivity index is 1.44. The zero-order valence-electron chi connectivity index (χ0n) is 30.8. The summed E-state index contributed by atoms with van der Waals surface area (Å²) in [4.78, 5) is 3.95. The van der Waals surface area contributed by atoms with E-state index < -0.39 is 0 Å². The van der Waals surface area contributed by atoms with E-state index in [1.165, 1.54) is 189 Å². The van der Waals surface area contributed by atoms with Crippen molar-refractivity contribution in [1.82, 2.24) is 0 Å². The van der Waals surface area contributed by atoms with Crippen LogP contribution in [0, 0.1) is 0 Å². The molecule has 0 radical (unpaired) electrons. The Bertz CT molecular complexity index is 1000. The molecule has 1 heterocycles. The minimum atomic E-state index is 0.780. The molecule has 2 aromatic carbocycles. The molecule has 264 valence electrons. The lowest BCUT2D eigenvalue weighted by Gasteiger charge is -2.26. The van der Waals surface area contributed by atoms with E-state index in [1.807, 2.05) is 11.8 Å². The summed E-state index contributed by atoms with van der Waals surface area (Å²) in [5.74, 6) is 2.06. The highest BCUT2D eigenvalue weighted by molar-refractivity contribution is 8.08. The average molecular weight is 662 g/mol. The Morgan fingerprint density at radius 3 is 1.36 bits per heavy atom. The van der Waals surface area contributed by atoms with Crippen LogP contribution in [0.3, 0.4) is 0 Å². The summed E-state index contributed by atoms with van der Waals surface area (Å²) in [5, 5.41) is 0. The largest absolute Gasteiger partial charge is 0.491 e. The third kappa shape index (κ3) is 17.4. The summed E-state index contributed by atoms with van der Waals surface area (Å²) >= 11 is 1.92. The molecule has 1 aliphatic heterocycles. The number of unbranched alkanes of at least 4 members (excludes halogenated alkanes) is 22. The molecular formula is C44H71NOS. The lowest BCUT2D eigenvalue weighted by Crippen LogP contribution is -2.25. The van der Waals surface area contributed by atoms with Gasteiger partial charge in [0.05, 0.1) is 11.5 Å². The highest BCUT2D eigenvalue weighted by Gasteiger charge is 2.18. The van der Waals surface area contributed by atoms with E-state index in [0.717, 1.165) is 18.1 Å². The topological polar surface area (TPSA) is 12.5 Å². The molecule has 3 rings (SSSR count). The van der Waals surface area contributed by atoms with Crippen LogP contribution in [0.5, 0.6) is 0 Å². The number of anilines is 1. The number of benzene rings is 2. The van der Waals surface area contributed by atoms with Crippen molar-refractivity contribution in [3.05, 3.63) is 65.7 Å². The summed E-state index contributed by atoms with van der Waals surface area (Å²) < 4.78 is 6.27. The van der Waals surface area contributed by atoms with Crippen LogP contribution in [-0.4, -0.2) is 25.4 Å². The molecule has 0 bridgehead atoms. The zero-order chi connectivity index (χ0) is 33.0. The zero-order valence-corrected chi connectivity index (χ0v) is 31.6. The Morgan fingerprint density at radius 2 is 0.915 bits per heavy atom. The lowest BCUT2D eigenvalue weighted by molar-refractivity contribution is 0.301. The number of hydrogen-bond donors (Lipinski definition) is 0. The van der Waals surface area contributed by atoms with Crippen LogP contribution < -0.4 is 4.90 Å². The van der Waals surface area contributed by atoms with Gasteiger partial charge in [-0.05, 0) is 42.7 Å². The maximum Gasteiger partial charge on any atom is 0.140 e. The first-order valence-corrected chi connectivity index (χ1v) is 21.2. The van der Waals surface area contributed by atoms with Gasteiger partial charge in [-0.1, -0.05) is 185 Å². The molecule has 0 fully saturated rings. The number of rotatable bonds is 29. The van der Waals surface area contributed by atoms with Crippen LogP contribution in [0.1, 0.15) is 179 Å². The van der Waals surface area contributed by atoms with E-state index in [1.54, 1.807) is 0 Å². The summed E-state index contributed by atoms with van der Waals surface area (Å²) in [5.41, 5.74) is 3.84. The Kier molecular flexibility index (Phi) is 22.7. The van der Waals surface area contributed by atoms with Crippen molar-refractivity contribution < 1.29 is 4.74 Å². The molecule has 1 aliphatic rings. The molecular weight excluding hydrogens is 591 g/mol. The van der Waals surface area contributed by atoms with E-state index in [9.17, 15) is 0 Å². The van der Waals surface area contributed by atoms with Gasteiger partial charge in [-0.15, -0.1) is 11.8 Å². The third-order valence-corrected chi connectivity index (χ3v) is 11.0. The molecule has 2 nitrogen and oxygen atoms in total. The van der Waals surface area contributed by atoms with Crippen LogP contribution in [0.25, 0.3) is 10.7 Å². The monoisotopic (exact) mass is 662 g/mol. The summed E-state index contributed by atoms with van der Waals surface area (Å²) in [7, 11) is 0. The molecule has 0 unspecified atom stereocenters. The Hall–Kier alpha value is -1.87. The van der Waals surface area contributed by atoms with E-state index in [0.29, 0.717) is 0 Å². The Labute approximate surface area is 295 Å². The highest BCUT2D eigenvalue weighted by Crippen LogP contribution is 2.39. The number of ether oxygens (including phenoxy) is 1. The molecule has 0 saturated heterocycles. The van der Waals surface area contributed by atoms with Crippen molar-refractivity contribution in [2.45, 2.75) is 168 Å². The van der Waals surface area contributed by atoms with Crippen LogP contribution >= 0.6 is 11.8 Å². The van der Waals surface area contributed by atoms with Crippen LogP contribution in [-0.2, 0) is 4.74 Å². The molecule has 0 amide bonds. The average Bonchev–Trinajstić information content (AvgIpc) is 3.12. The normalized spacial score (nSPS) is 13.2. The lowest BCUT2D eigenvalue weighted by atomic mass is 10.0. The fourth-order valence-electron chi connectivity index (χ4n) is 6.92. The first kappa shape index (κ1) is 39.6. The van der Waals surface area contributed by atoms with Gasteiger partial charge in [-0.3, -0.25) is 0 Å². The van der Waals surface area contributed by atoms with Crippen LogP contribution in [0.4, 0.5) is 5.69 Å². The quantitative estimate of drug-likeness (QED) is 0.0805. The van der Waals surface area contributed by atoms with Crippen molar-refractivity contribution >= 4 is 28.1 Å². The summed E-state index contributed by atoms with van der Waals surface area (Å²) in [6.07, 6.45) is 33.8. The molecule has 2 aromatic rings.